The smallest absolute Gasteiger partial charge is 0.408 e. The number of amides is 2. The lowest BCUT2D eigenvalue weighted by atomic mass is 9.94. The zero-order valence-corrected chi connectivity index (χ0v) is 13.3. The van der Waals surface area contributed by atoms with Crippen LogP contribution in [0.25, 0.3) is 11.1 Å². The summed E-state index contributed by atoms with van der Waals surface area (Å²) in [4.78, 5) is 35.5. The highest BCUT2D eigenvalue weighted by atomic mass is 16.4. The van der Waals surface area contributed by atoms with Crippen LogP contribution in [0.2, 0.25) is 0 Å². The van der Waals surface area contributed by atoms with Gasteiger partial charge >= 0.3 is 5.76 Å². The molecule has 1 atom stereocenters. The van der Waals surface area contributed by atoms with Crippen molar-refractivity contribution in [2.45, 2.75) is 51.5 Å². The second-order valence-electron chi connectivity index (χ2n) is 5.95. The largest absolute Gasteiger partial charge is 0.420 e. The summed E-state index contributed by atoms with van der Waals surface area (Å²) in [6, 6.07) is 5.01. The predicted octanol–water partition coefficient (Wildman–Crippen LogP) is 2.72. The van der Waals surface area contributed by atoms with Gasteiger partial charge in [0.2, 0.25) is 11.8 Å². The normalized spacial score (nSPS) is 18.7. The van der Waals surface area contributed by atoms with Gasteiger partial charge in [-0.3, -0.25) is 19.5 Å². The Morgan fingerprint density at radius 2 is 2.04 bits per heavy atom. The van der Waals surface area contributed by atoms with Gasteiger partial charge in [0.25, 0.3) is 0 Å². The van der Waals surface area contributed by atoms with E-state index in [-0.39, 0.29) is 13.8 Å². The topological polar surface area (TPSA) is 81.3 Å². The number of aromatic nitrogens is 1. The van der Waals surface area contributed by atoms with Gasteiger partial charge < -0.3 is 4.42 Å². The minimum Gasteiger partial charge on any atom is -0.408 e. The summed E-state index contributed by atoms with van der Waals surface area (Å²) in [6.45, 7) is 4.26. The standard InChI is InChI=1S/C17H20N2O4.H2/c1-3-10(4-2)11-5-6-12-14(9-11)23-17(22)19(12)13-7-8-15(20)18-16(13)21;/h5-6,9-10,13H,3-4,7-8H2,1-2H3,(H,18,20,21);1H. The van der Waals surface area contributed by atoms with Crippen molar-refractivity contribution in [1.29, 1.82) is 0 Å². The van der Waals surface area contributed by atoms with Gasteiger partial charge in [-0.05, 0) is 42.9 Å². The van der Waals surface area contributed by atoms with Crippen molar-refractivity contribution in [3.8, 4) is 0 Å². The maximum atomic E-state index is 12.2. The highest BCUT2D eigenvalue weighted by Crippen LogP contribution is 2.28. The molecule has 1 aromatic carbocycles. The molecule has 2 heterocycles. The molecule has 1 aliphatic rings. The quantitative estimate of drug-likeness (QED) is 0.879. The number of piperidine rings is 1. The van der Waals surface area contributed by atoms with Gasteiger partial charge in [0, 0.05) is 7.85 Å². The van der Waals surface area contributed by atoms with Gasteiger partial charge in [-0.1, -0.05) is 19.9 Å². The van der Waals surface area contributed by atoms with Crippen LogP contribution in [0.15, 0.2) is 27.4 Å². The van der Waals surface area contributed by atoms with E-state index in [1.165, 1.54) is 4.57 Å². The highest BCUT2D eigenvalue weighted by Gasteiger charge is 2.31. The zero-order chi connectivity index (χ0) is 16.6. The molecule has 1 fully saturated rings. The lowest BCUT2D eigenvalue weighted by molar-refractivity contribution is -0.135. The molecular weight excluding hydrogens is 296 g/mol. The Morgan fingerprint density at radius 3 is 2.70 bits per heavy atom. The number of nitrogens with one attached hydrogen (secondary N) is 1. The van der Waals surface area contributed by atoms with Gasteiger partial charge in [-0.2, -0.15) is 0 Å². The Labute approximate surface area is 134 Å². The Balaban J connectivity index is 0.00000208. The van der Waals surface area contributed by atoms with Crippen LogP contribution in [0.1, 0.15) is 58.5 Å². The molecule has 0 radical (unpaired) electrons. The third kappa shape index (κ3) is 2.69. The number of oxazole rings is 1. The third-order valence-corrected chi connectivity index (χ3v) is 4.62. The molecule has 0 aliphatic carbocycles. The Kier molecular flexibility index (Phi) is 4.07. The molecular formula is C17H22N2O4. The van der Waals surface area contributed by atoms with Crippen molar-refractivity contribution in [3.05, 3.63) is 34.3 Å². The molecule has 3 rings (SSSR count). The Morgan fingerprint density at radius 1 is 1.30 bits per heavy atom. The van der Waals surface area contributed by atoms with Crippen molar-refractivity contribution in [2.75, 3.05) is 0 Å². The fourth-order valence-corrected chi connectivity index (χ4v) is 3.29. The van der Waals surface area contributed by atoms with Crippen LogP contribution in [-0.4, -0.2) is 16.4 Å². The van der Waals surface area contributed by atoms with Gasteiger partial charge in [0.05, 0.1) is 5.52 Å². The molecule has 1 unspecified atom stereocenters. The molecule has 1 aromatic heterocycles. The molecule has 1 N–H and O–H groups in total. The van der Waals surface area contributed by atoms with Crippen molar-refractivity contribution in [2.24, 2.45) is 0 Å². The summed E-state index contributed by atoms with van der Waals surface area (Å²) in [6.07, 6.45) is 2.56. The number of benzene rings is 1. The lowest BCUT2D eigenvalue weighted by Crippen LogP contribution is -2.43. The van der Waals surface area contributed by atoms with E-state index in [0.717, 1.165) is 18.4 Å². The molecule has 1 aliphatic heterocycles. The average Bonchev–Trinajstić information content (AvgIpc) is 2.84. The van der Waals surface area contributed by atoms with Crippen LogP contribution in [0.4, 0.5) is 0 Å². The maximum Gasteiger partial charge on any atom is 0.420 e. The number of rotatable bonds is 4. The van der Waals surface area contributed by atoms with E-state index in [1.807, 2.05) is 18.2 Å². The van der Waals surface area contributed by atoms with Gasteiger partial charge in [-0.15, -0.1) is 0 Å². The summed E-state index contributed by atoms with van der Waals surface area (Å²) in [7, 11) is 0. The van der Waals surface area contributed by atoms with E-state index >= 15 is 0 Å². The molecule has 23 heavy (non-hydrogen) atoms. The van der Waals surface area contributed by atoms with Crippen LogP contribution in [0.3, 0.4) is 0 Å². The number of imide groups is 1. The molecule has 2 amide bonds. The Hall–Kier alpha value is -2.37. The second kappa shape index (κ2) is 6.02. The van der Waals surface area contributed by atoms with E-state index in [4.69, 9.17) is 4.42 Å². The van der Waals surface area contributed by atoms with Crippen molar-refractivity contribution in [3.63, 3.8) is 0 Å². The summed E-state index contributed by atoms with van der Waals surface area (Å²) in [5.41, 5.74) is 2.22. The molecule has 2 aromatic rings. The monoisotopic (exact) mass is 318 g/mol. The number of nitrogens with zero attached hydrogens (tertiary/aromatic N) is 1. The summed E-state index contributed by atoms with van der Waals surface area (Å²) >= 11 is 0. The first-order valence-electron chi connectivity index (χ1n) is 8.03. The fraction of sp³-hybridized carbons (Fsp3) is 0.471. The van der Waals surface area contributed by atoms with Crippen molar-refractivity contribution < 1.29 is 15.4 Å². The minimum atomic E-state index is -0.694. The number of carbonyl (C=O) groups excluding carboxylic acids is 2. The van der Waals surface area contributed by atoms with Crippen molar-refractivity contribution in [1.82, 2.24) is 9.88 Å². The van der Waals surface area contributed by atoms with E-state index in [9.17, 15) is 14.4 Å². The zero-order valence-electron chi connectivity index (χ0n) is 13.3. The summed E-state index contributed by atoms with van der Waals surface area (Å²) in [5, 5.41) is 2.28. The lowest BCUT2D eigenvalue weighted by Gasteiger charge is -2.21. The van der Waals surface area contributed by atoms with Gasteiger partial charge in [0.1, 0.15) is 6.04 Å². The molecule has 0 saturated carbocycles. The molecule has 0 bridgehead atoms. The molecule has 1 saturated heterocycles. The number of hydrogen-bond acceptors (Lipinski definition) is 4. The average molecular weight is 318 g/mol. The minimum absolute atomic E-state index is 0. The second-order valence-corrected chi connectivity index (χ2v) is 5.95. The first-order chi connectivity index (χ1) is 11.0. The third-order valence-electron chi connectivity index (χ3n) is 4.62. The Bertz CT molecular complexity index is 820. The van der Waals surface area contributed by atoms with E-state index < -0.39 is 17.7 Å². The van der Waals surface area contributed by atoms with Gasteiger partial charge in [-0.25, -0.2) is 4.79 Å². The molecule has 0 spiro atoms. The van der Waals surface area contributed by atoms with Crippen LogP contribution >= 0.6 is 0 Å². The fourth-order valence-electron chi connectivity index (χ4n) is 3.29. The maximum absolute atomic E-state index is 12.2. The first kappa shape index (κ1) is 15.5. The van der Waals surface area contributed by atoms with Crippen LogP contribution in [-0.2, 0) is 9.59 Å². The van der Waals surface area contributed by atoms with Gasteiger partial charge in [0.15, 0.2) is 5.58 Å². The van der Waals surface area contributed by atoms with Crippen LogP contribution in [0, 0.1) is 0 Å². The summed E-state index contributed by atoms with van der Waals surface area (Å²) < 4.78 is 6.70. The molecule has 6 heteroatoms. The number of carbonyl (C=O) groups is 2. The summed E-state index contributed by atoms with van der Waals surface area (Å²) in [5.74, 6) is -0.891. The van der Waals surface area contributed by atoms with E-state index in [1.54, 1.807) is 0 Å². The molecule has 124 valence electrons. The number of hydrogen-bond donors (Lipinski definition) is 1. The predicted molar refractivity (Wildman–Crippen MR) is 87.3 cm³/mol. The molecule has 6 nitrogen and oxygen atoms in total. The van der Waals surface area contributed by atoms with Crippen LogP contribution < -0.4 is 11.1 Å². The van der Waals surface area contributed by atoms with Crippen LogP contribution in [0.5, 0.6) is 0 Å². The van der Waals surface area contributed by atoms with E-state index in [2.05, 4.69) is 19.2 Å². The van der Waals surface area contributed by atoms with Crippen molar-refractivity contribution >= 4 is 22.9 Å². The highest BCUT2D eigenvalue weighted by molar-refractivity contribution is 6.00. The first-order valence-corrected chi connectivity index (χ1v) is 8.03. The van der Waals surface area contributed by atoms with E-state index in [0.29, 0.717) is 23.4 Å². The SMILES string of the molecule is CCC(CC)c1ccc2c(c1)oc(=O)n2C1CCC(=O)NC1=O.[HH]. The number of fused-ring (bicyclic) bond motifs is 1.